The molecule has 2 heterocycles. The average molecular weight is 264 g/mol. The molecule has 7 heteroatoms. The van der Waals surface area contributed by atoms with Gasteiger partial charge in [-0.05, 0) is 19.1 Å². The van der Waals surface area contributed by atoms with Crippen LogP contribution in [0, 0.1) is 5.92 Å². The van der Waals surface area contributed by atoms with E-state index in [-0.39, 0.29) is 23.9 Å². The minimum Gasteiger partial charge on any atom is -0.481 e. The molecule has 2 rings (SSSR count). The first kappa shape index (κ1) is 13.3. The number of anilines is 1. The Hall–Kier alpha value is -2.18. The minimum atomic E-state index is -0.776. The lowest BCUT2D eigenvalue weighted by Crippen LogP contribution is -2.48. The molecule has 1 saturated heterocycles. The van der Waals surface area contributed by atoms with E-state index >= 15 is 0 Å². The van der Waals surface area contributed by atoms with E-state index in [1.165, 1.54) is 0 Å². The van der Waals surface area contributed by atoms with Gasteiger partial charge in [-0.3, -0.25) is 9.59 Å². The molecule has 1 fully saturated rings. The summed E-state index contributed by atoms with van der Waals surface area (Å²) in [7, 11) is 0. The number of carboxylic acid groups (broad SMARTS) is 1. The van der Waals surface area contributed by atoms with Gasteiger partial charge < -0.3 is 15.3 Å². The number of carbonyl (C=O) groups is 2. The largest absolute Gasteiger partial charge is 0.481 e. The first-order valence-electron chi connectivity index (χ1n) is 6.18. The Bertz CT molecular complexity index is 468. The highest BCUT2D eigenvalue weighted by molar-refractivity contribution is 5.92. The van der Waals surface area contributed by atoms with E-state index in [2.05, 4.69) is 15.5 Å². The van der Waals surface area contributed by atoms with Crippen molar-refractivity contribution in [2.45, 2.75) is 13.3 Å². The lowest BCUT2D eigenvalue weighted by Gasteiger charge is -2.39. The van der Waals surface area contributed by atoms with Crippen LogP contribution >= 0.6 is 0 Å². The van der Waals surface area contributed by atoms with E-state index in [1.807, 2.05) is 11.8 Å². The highest BCUT2D eigenvalue weighted by Gasteiger charge is 2.29. The van der Waals surface area contributed by atoms with Crippen molar-refractivity contribution in [2.75, 3.05) is 24.5 Å². The highest BCUT2D eigenvalue weighted by Crippen LogP contribution is 2.24. The van der Waals surface area contributed by atoms with E-state index < -0.39 is 5.97 Å². The van der Waals surface area contributed by atoms with Crippen LogP contribution in [0.3, 0.4) is 0 Å². The normalized spacial score (nSPS) is 14.9. The zero-order valence-corrected chi connectivity index (χ0v) is 10.7. The fourth-order valence-corrected chi connectivity index (χ4v) is 2.00. The van der Waals surface area contributed by atoms with Crippen LogP contribution in [-0.2, 0) is 4.79 Å². The van der Waals surface area contributed by atoms with Crippen LogP contribution in [0.5, 0.6) is 0 Å². The number of nitrogens with zero attached hydrogens (tertiary/aromatic N) is 3. The average Bonchev–Trinajstić information content (AvgIpc) is 2.33. The summed E-state index contributed by atoms with van der Waals surface area (Å²) < 4.78 is 0. The summed E-state index contributed by atoms with van der Waals surface area (Å²) in [5, 5.41) is 19.2. The number of rotatable bonds is 5. The molecule has 0 saturated carbocycles. The number of aliphatic carboxylic acids is 1. The van der Waals surface area contributed by atoms with Crippen molar-refractivity contribution in [1.82, 2.24) is 15.5 Å². The predicted octanol–water partition coefficient (Wildman–Crippen LogP) is 0.137. The van der Waals surface area contributed by atoms with Crippen molar-refractivity contribution in [3.8, 4) is 0 Å². The Morgan fingerprint density at radius 1 is 1.42 bits per heavy atom. The first-order valence-corrected chi connectivity index (χ1v) is 6.18. The van der Waals surface area contributed by atoms with Crippen molar-refractivity contribution >= 4 is 17.7 Å². The standard InChI is InChI=1S/C12H16N4O3/c1-2-13-12(19)9-3-4-10(15-14-9)16-6-8(7-16)5-11(17)18/h3-4,8H,2,5-7H2,1H3,(H,13,19)(H,17,18). The fourth-order valence-electron chi connectivity index (χ4n) is 2.00. The van der Waals surface area contributed by atoms with Crippen molar-refractivity contribution in [3.05, 3.63) is 17.8 Å². The van der Waals surface area contributed by atoms with Crippen LogP contribution in [0.2, 0.25) is 0 Å². The molecule has 1 aromatic rings. The Balaban J connectivity index is 1.90. The quantitative estimate of drug-likeness (QED) is 0.785. The molecule has 1 amide bonds. The van der Waals surface area contributed by atoms with E-state index in [9.17, 15) is 9.59 Å². The Labute approximate surface area is 110 Å². The molecule has 0 radical (unpaired) electrons. The van der Waals surface area contributed by atoms with Gasteiger partial charge >= 0.3 is 5.97 Å². The maximum Gasteiger partial charge on any atom is 0.303 e. The first-order chi connectivity index (χ1) is 9.10. The molecule has 0 atom stereocenters. The van der Waals surface area contributed by atoms with E-state index in [0.29, 0.717) is 25.5 Å². The van der Waals surface area contributed by atoms with E-state index in [1.54, 1.807) is 12.1 Å². The summed E-state index contributed by atoms with van der Waals surface area (Å²) in [5.41, 5.74) is 0.285. The van der Waals surface area contributed by atoms with E-state index in [4.69, 9.17) is 5.11 Å². The molecule has 1 aliphatic rings. The second-order valence-electron chi connectivity index (χ2n) is 4.51. The van der Waals surface area contributed by atoms with Crippen LogP contribution in [0.25, 0.3) is 0 Å². The third-order valence-electron chi connectivity index (χ3n) is 2.96. The van der Waals surface area contributed by atoms with Crippen molar-refractivity contribution < 1.29 is 14.7 Å². The number of nitrogens with one attached hydrogen (secondary N) is 1. The van der Waals surface area contributed by atoms with Crippen LogP contribution in [-0.4, -0.2) is 46.8 Å². The summed E-state index contributed by atoms with van der Waals surface area (Å²) in [4.78, 5) is 24.0. The summed E-state index contributed by atoms with van der Waals surface area (Å²) in [5.74, 6) is -0.173. The van der Waals surface area contributed by atoms with Crippen LogP contribution in [0.15, 0.2) is 12.1 Å². The van der Waals surface area contributed by atoms with Crippen LogP contribution < -0.4 is 10.2 Å². The zero-order chi connectivity index (χ0) is 13.8. The Kier molecular flexibility index (Phi) is 3.94. The number of aromatic nitrogens is 2. The number of amides is 1. The van der Waals surface area contributed by atoms with Crippen molar-refractivity contribution in [2.24, 2.45) is 5.92 Å². The Morgan fingerprint density at radius 3 is 2.68 bits per heavy atom. The maximum atomic E-state index is 11.5. The van der Waals surface area contributed by atoms with Crippen LogP contribution in [0.1, 0.15) is 23.8 Å². The van der Waals surface area contributed by atoms with Crippen molar-refractivity contribution in [1.29, 1.82) is 0 Å². The lowest BCUT2D eigenvalue weighted by molar-refractivity contribution is -0.138. The van der Waals surface area contributed by atoms with Gasteiger partial charge in [0.1, 0.15) is 0 Å². The topological polar surface area (TPSA) is 95.4 Å². The molecule has 0 aromatic carbocycles. The second-order valence-corrected chi connectivity index (χ2v) is 4.51. The molecular formula is C12H16N4O3. The SMILES string of the molecule is CCNC(=O)c1ccc(N2CC(CC(=O)O)C2)nn1. The molecule has 7 nitrogen and oxygen atoms in total. The highest BCUT2D eigenvalue weighted by atomic mass is 16.4. The van der Waals surface area contributed by atoms with Gasteiger partial charge in [-0.25, -0.2) is 0 Å². The van der Waals surface area contributed by atoms with Gasteiger partial charge in [-0.2, -0.15) is 0 Å². The third-order valence-corrected chi connectivity index (χ3v) is 2.96. The zero-order valence-electron chi connectivity index (χ0n) is 10.7. The molecule has 19 heavy (non-hydrogen) atoms. The molecule has 1 aromatic heterocycles. The lowest BCUT2D eigenvalue weighted by atomic mass is 9.96. The second kappa shape index (κ2) is 5.64. The van der Waals surface area contributed by atoms with E-state index in [0.717, 1.165) is 0 Å². The molecule has 0 spiro atoms. The van der Waals surface area contributed by atoms with Gasteiger partial charge in [0, 0.05) is 25.6 Å². The predicted molar refractivity (Wildman–Crippen MR) is 68.0 cm³/mol. The molecule has 0 aliphatic carbocycles. The molecular weight excluding hydrogens is 248 g/mol. The molecule has 2 N–H and O–H groups in total. The molecule has 0 unspecified atom stereocenters. The van der Waals surface area contributed by atoms with Gasteiger partial charge in [0.2, 0.25) is 0 Å². The van der Waals surface area contributed by atoms with Gasteiger partial charge in [0.15, 0.2) is 11.5 Å². The van der Waals surface area contributed by atoms with Gasteiger partial charge in [-0.1, -0.05) is 0 Å². The number of carboxylic acids is 1. The summed E-state index contributed by atoms with van der Waals surface area (Å²) in [6.45, 7) is 3.72. The molecule has 0 bridgehead atoms. The van der Waals surface area contributed by atoms with Gasteiger partial charge in [0.25, 0.3) is 5.91 Å². The maximum absolute atomic E-state index is 11.5. The molecule has 1 aliphatic heterocycles. The summed E-state index contributed by atoms with van der Waals surface area (Å²) in [6.07, 6.45) is 0.181. The minimum absolute atomic E-state index is 0.169. The summed E-state index contributed by atoms with van der Waals surface area (Å²) >= 11 is 0. The summed E-state index contributed by atoms with van der Waals surface area (Å²) in [6, 6.07) is 3.35. The number of carbonyl (C=O) groups excluding carboxylic acids is 1. The van der Waals surface area contributed by atoms with Gasteiger partial charge in [0.05, 0.1) is 6.42 Å². The van der Waals surface area contributed by atoms with Gasteiger partial charge in [-0.15, -0.1) is 10.2 Å². The molecule has 102 valence electrons. The third kappa shape index (κ3) is 3.18. The Morgan fingerprint density at radius 2 is 2.16 bits per heavy atom. The van der Waals surface area contributed by atoms with Crippen molar-refractivity contribution in [3.63, 3.8) is 0 Å². The smallest absolute Gasteiger partial charge is 0.303 e. The fraction of sp³-hybridized carbons (Fsp3) is 0.500. The monoisotopic (exact) mass is 264 g/mol. The number of hydrogen-bond donors (Lipinski definition) is 2. The van der Waals surface area contributed by atoms with Crippen LogP contribution in [0.4, 0.5) is 5.82 Å². The number of hydrogen-bond acceptors (Lipinski definition) is 5.